The van der Waals surface area contributed by atoms with Crippen LogP contribution < -0.4 is 5.73 Å². The van der Waals surface area contributed by atoms with E-state index in [0.717, 1.165) is 9.21 Å². The molecule has 1 aromatic rings. The minimum absolute atomic E-state index is 0.0768. The first-order valence-corrected chi connectivity index (χ1v) is 5.79. The lowest BCUT2D eigenvalue weighted by atomic mass is 10.1. The summed E-state index contributed by atoms with van der Waals surface area (Å²) in [7, 11) is 1.74. The molecule has 15 heavy (non-hydrogen) atoms. The smallest absolute Gasteiger partial charge is 0.242 e. The Kier molecular flexibility index (Phi) is 3.76. The summed E-state index contributed by atoms with van der Waals surface area (Å²) in [5.41, 5.74) is 4.90. The van der Waals surface area contributed by atoms with Gasteiger partial charge in [-0.3, -0.25) is 4.79 Å². The van der Waals surface area contributed by atoms with Crippen LogP contribution in [0.25, 0.3) is 0 Å². The zero-order chi connectivity index (χ0) is 11.6. The molecule has 5 heteroatoms. The number of likely N-dealkylation sites (N-methyl/N-ethyl adjacent to an activating group) is 1. The molecule has 84 valence electrons. The lowest BCUT2D eigenvalue weighted by molar-refractivity contribution is -0.134. The van der Waals surface area contributed by atoms with E-state index in [1.54, 1.807) is 25.8 Å². The number of carbonyl (C=O) groups excluding carboxylic acids is 1. The molecule has 0 aliphatic heterocycles. The molecular weight excluding hydrogens is 232 g/mol. The zero-order valence-electron chi connectivity index (χ0n) is 9.08. The van der Waals surface area contributed by atoms with Gasteiger partial charge in [0.05, 0.1) is 16.4 Å². The summed E-state index contributed by atoms with van der Waals surface area (Å²) in [6, 6.07) is 3.74. The van der Waals surface area contributed by atoms with Crippen molar-refractivity contribution in [2.24, 2.45) is 5.73 Å². The van der Waals surface area contributed by atoms with Crippen molar-refractivity contribution in [2.75, 3.05) is 7.05 Å². The largest absolute Gasteiger partial charge is 0.339 e. The maximum atomic E-state index is 11.7. The predicted octanol–water partition coefficient (Wildman–Crippen LogP) is 2.10. The highest BCUT2D eigenvalue weighted by Crippen LogP contribution is 2.22. The maximum Gasteiger partial charge on any atom is 0.242 e. The molecule has 1 amide bonds. The first-order valence-electron chi connectivity index (χ1n) is 4.59. The predicted molar refractivity (Wildman–Crippen MR) is 64.1 cm³/mol. The van der Waals surface area contributed by atoms with Gasteiger partial charge in [-0.1, -0.05) is 11.6 Å². The van der Waals surface area contributed by atoms with Crippen LogP contribution in [0.15, 0.2) is 12.1 Å². The van der Waals surface area contributed by atoms with E-state index >= 15 is 0 Å². The Hall–Kier alpha value is -0.580. The Morgan fingerprint density at radius 1 is 1.60 bits per heavy atom. The molecule has 0 unspecified atom stereocenters. The standard InChI is InChI=1S/C10H15ClN2OS/c1-10(2,12)9(14)13(3)6-7-4-5-8(11)15-7/h4-5H,6,12H2,1-3H3. The van der Waals surface area contributed by atoms with Crippen LogP contribution in [0.1, 0.15) is 18.7 Å². The molecule has 0 saturated carbocycles. The zero-order valence-corrected chi connectivity index (χ0v) is 10.7. The molecule has 0 aromatic carbocycles. The molecule has 0 saturated heterocycles. The number of halogens is 1. The van der Waals surface area contributed by atoms with E-state index in [1.165, 1.54) is 11.3 Å². The van der Waals surface area contributed by atoms with Crippen molar-refractivity contribution in [3.63, 3.8) is 0 Å². The lowest BCUT2D eigenvalue weighted by Crippen LogP contribution is -2.49. The molecule has 0 atom stereocenters. The summed E-state index contributed by atoms with van der Waals surface area (Å²) < 4.78 is 0.734. The van der Waals surface area contributed by atoms with Crippen molar-refractivity contribution in [1.82, 2.24) is 4.90 Å². The highest BCUT2D eigenvalue weighted by molar-refractivity contribution is 7.16. The number of carbonyl (C=O) groups is 1. The molecule has 0 fully saturated rings. The van der Waals surface area contributed by atoms with Gasteiger partial charge in [0.15, 0.2) is 0 Å². The summed E-state index contributed by atoms with van der Waals surface area (Å²) in [6.45, 7) is 3.96. The topological polar surface area (TPSA) is 46.3 Å². The van der Waals surface area contributed by atoms with E-state index in [-0.39, 0.29) is 5.91 Å². The van der Waals surface area contributed by atoms with E-state index in [4.69, 9.17) is 17.3 Å². The average molecular weight is 247 g/mol. The van der Waals surface area contributed by atoms with Gasteiger partial charge in [-0.05, 0) is 26.0 Å². The number of amides is 1. The Morgan fingerprint density at radius 3 is 2.60 bits per heavy atom. The Labute approximate surface area is 98.8 Å². The Morgan fingerprint density at radius 2 is 2.20 bits per heavy atom. The van der Waals surface area contributed by atoms with Crippen LogP contribution in [0.5, 0.6) is 0 Å². The second kappa shape index (κ2) is 4.51. The quantitative estimate of drug-likeness (QED) is 0.888. The number of nitrogens with zero attached hydrogens (tertiary/aromatic N) is 1. The van der Waals surface area contributed by atoms with Crippen LogP contribution in [0.3, 0.4) is 0 Å². The van der Waals surface area contributed by atoms with Crippen LogP contribution in [0.4, 0.5) is 0 Å². The van der Waals surface area contributed by atoms with Gasteiger partial charge < -0.3 is 10.6 Å². The number of hydrogen-bond acceptors (Lipinski definition) is 3. The van der Waals surface area contributed by atoms with Crippen LogP contribution in [0, 0.1) is 0 Å². The van der Waals surface area contributed by atoms with E-state index in [2.05, 4.69) is 0 Å². The Bertz CT molecular complexity index is 357. The van der Waals surface area contributed by atoms with Crippen molar-refractivity contribution >= 4 is 28.8 Å². The molecule has 0 spiro atoms. The SMILES string of the molecule is CN(Cc1ccc(Cl)s1)C(=O)C(C)(C)N. The molecule has 0 bridgehead atoms. The van der Waals surface area contributed by atoms with Gasteiger partial charge in [-0.25, -0.2) is 0 Å². The fourth-order valence-electron chi connectivity index (χ4n) is 1.23. The Balaban J connectivity index is 2.64. The molecule has 1 heterocycles. The van der Waals surface area contributed by atoms with Gasteiger partial charge in [0.1, 0.15) is 0 Å². The third kappa shape index (κ3) is 3.48. The van der Waals surface area contributed by atoms with Gasteiger partial charge in [0.2, 0.25) is 5.91 Å². The summed E-state index contributed by atoms with van der Waals surface area (Å²) >= 11 is 7.28. The van der Waals surface area contributed by atoms with Crippen molar-refractivity contribution in [3.8, 4) is 0 Å². The van der Waals surface area contributed by atoms with Gasteiger partial charge >= 0.3 is 0 Å². The molecule has 1 aromatic heterocycles. The molecule has 1 rings (SSSR count). The fraction of sp³-hybridized carbons (Fsp3) is 0.500. The van der Waals surface area contributed by atoms with Crippen molar-refractivity contribution in [1.29, 1.82) is 0 Å². The maximum absolute atomic E-state index is 11.7. The van der Waals surface area contributed by atoms with Crippen LogP contribution >= 0.6 is 22.9 Å². The molecule has 0 aliphatic rings. The monoisotopic (exact) mass is 246 g/mol. The average Bonchev–Trinajstić information content (AvgIpc) is 2.48. The second-order valence-corrected chi connectivity index (χ2v) is 5.89. The number of hydrogen-bond donors (Lipinski definition) is 1. The number of nitrogens with two attached hydrogens (primary N) is 1. The first-order chi connectivity index (χ1) is 6.80. The van der Waals surface area contributed by atoms with Crippen molar-refractivity contribution < 1.29 is 4.79 Å². The molecule has 2 N–H and O–H groups in total. The fourth-order valence-corrected chi connectivity index (χ4v) is 2.38. The van der Waals surface area contributed by atoms with E-state index in [1.807, 2.05) is 12.1 Å². The van der Waals surface area contributed by atoms with E-state index in [0.29, 0.717) is 6.54 Å². The molecule has 3 nitrogen and oxygen atoms in total. The minimum Gasteiger partial charge on any atom is -0.339 e. The lowest BCUT2D eigenvalue weighted by Gasteiger charge is -2.25. The van der Waals surface area contributed by atoms with Crippen LogP contribution in [0.2, 0.25) is 4.34 Å². The summed E-state index contributed by atoms with van der Waals surface area (Å²) in [6.07, 6.45) is 0. The minimum atomic E-state index is -0.824. The normalized spacial score (nSPS) is 11.5. The molecule has 0 radical (unpaired) electrons. The van der Waals surface area contributed by atoms with E-state index < -0.39 is 5.54 Å². The number of rotatable bonds is 3. The molecule has 0 aliphatic carbocycles. The third-order valence-corrected chi connectivity index (χ3v) is 3.14. The van der Waals surface area contributed by atoms with Crippen molar-refractivity contribution in [2.45, 2.75) is 25.9 Å². The third-order valence-electron chi connectivity index (χ3n) is 1.92. The van der Waals surface area contributed by atoms with Gasteiger partial charge in [-0.15, -0.1) is 11.3 Å². The van der Waals surface area contributed by atoms with Gasteiger partial charge in [-0.2, -0.15) is 0 Å². The summed E-state index contributed by atoms with van der Waals surface area (Å²) in [5, 5.41) is 0. The van der Waals surface area contributed by atoms with Crippen molar-refractivity contribution in [3.05, 3.63) is 21.3 Å². The van der Waals surface area contributed by atoms with Gasteiger partial charge in [0.25, 0.3) is 0 Å². The van der Waals surface area contributed by atoms with Crippen LogP contribution in [-0.4, -0.2) is 23.4 Å². The molecular formula is C10H15ClN2OS. The highest BCUT2D eigenvalue weighted by atomic mass is 35.5. The summed E-state index contributed by atoms with van der Waals surface area (Å²) in [4.78, 5) is 14.4. The highest BCUT2D eigenvalue weighted by Gasteiger charge is 2.25. The van der Waals surface area contributed by atoms with E-state index in [9.17, 15) is 4.79 Å². The second-order valence-electron chi connectivity index (χ2n) is 4.09. The van der Waals surface area contributed by atoms with Gasteiger partial charge in [0, 0.05) is 11.9 Å². The summed E-state index contributed by atoms with van der Waals surface area (Å²) in [5.74, 6) is -0.0768. The van der Waals surface area contributed by atoms with Crippen LogP contribution in [-0.2, 0) is 11.3 Å². The number of thiophene rings is 1. The first kappa shape index (κ1) is 12.5.